The van der Waals surface area contributed by atoms with Crippen LogP contribution in [0.25, 0.3) is 4.96 Å². The molecule has 0 fully saturated rings. The van der Waals surface area contributed by atoms with Crippen LogP contribution >= 0.6 is 11.3 Å². The lowest BCUT2D eigenvalue weighted by molar-refractivity contribution is -0.389. The first kappa shape index (κ1) is 15.0. The third-order valence-electron chi connectivity index (χ3n) is 3.14. The molecule has 0 aliphatic heterocycles. The molecule has 0 radical (unpaired) electrons. The Morgan fingerprint density at radius 3 is 2.78 bits per heavy atom. The van der Waals surface area contributed by atoms with E-state index in [-0.39, 0.29) is 17.5 Å². The quantitative estimate of drug-likeness (QED) is 0.553. The van der Waals surface area contributed by atoms with E-state index < -0.39 is 4.92 Å². The molecule has 0 aliphatic rings. The second-order valence-corrected chi connectivity index (χ2v) is 5.70. The fraction of sp³-hybridized carbons (Fsp3) is 0.143. The Morgan fingerprint density at radius 2 is 2.13 bits per heavy atom. The minimum absolute atomic E-state index is 0.0730. The first-order valence-corrected chi connectivity index (χ1v) is 7.63. The number of rotatable bonds is 5. The van der Waals surface area contributed by atoms with Crippen LogP contribution in [0.3, 0.4) is 0 Å². The minimum atomic E-state index is -0.449. The Balaban J connectivity index is 1.75. The smallest absolute Gasteiger partial charge is 0.359 e. The monoisotopic (exact) mass is 331 g/mol. The topological polar surface area (TPSA) is 102 Å². The highest BCUT2D eigenvalue weighted by molar-refractivity contribution is 7.15. The van der Waals surface area contributed by atoms with E-state index in [9.17, 15) is 14.9 Å². The summed E-state index contributed by atoms with van der Waals surface area (Å²) in [6, 6.07) is 7.22. The molecule has 0 spiro atoms. The van der Waals surface area contributed by atoms with Crippen LogP contribution in [-0.2, 0) is 11.3 Å². The van der Waals surface area contributed by atoms with Crippen LogP contribution in [0.1, 0.15) is 12.5 Å². The number of fused-ring (bicyclic) bond motifs is 1. The highest BCUT2D eigenvalue weighted by Gasteiger charge is 2.23. The first-order chi connectivity index (χ1) is 11.0. The number of hydrogen-bond donors (Lipinski definition) is 2. The zero-order valence-corrected chi connectivity index (χ0v) is 13.0. The molecule has 0 atom stereocenters. The van der Waals surface area contributed by atoms with Gasteiger partial charge in [0.2, 0.25) is 11.7 Å². The maximum atomic E-state index is 11.2. The van der Waals surface area contributed by atoms with Gasteiger partial charge < -0.3 is 20.7 Å². The van der Waals surface area contributed by atoms with E-state index in [2.05, 4.69) is 15.6 Å². The molecule has 9 heteroatoms. The first-order valence-electron chi connectivity index (χ1n) is 6.75. The highest BCUT2D eigenvalue weighted by Crippen LogP contribution is 2.28. The fourth-order valence-electron chi connectivity index (χ4n) is 2.16. The molecule has 0 aliphatic carbocycles. The number of carbonyl (C=O) groups excluding carboxylic acids is 1. The number of carbonyl (C=O) groups is 1. The summed E-state index contributed by atoms with van der Waals surface area (Å²) in [5.74, 6) is 0.0356. The summed E-state index contributed by atoms with van der Waals surface area (Å²) in [7, 11) is 0. The Bertz CT molecular complexity index is 868. The minimum Gasteiger partial charge on any atom is -0.359 e. The number of nitrogens with zero attached hydrogens (tertiary/aromatic N) is 3. The standard InChI is InChI=1S/C14H13N5O3S/c1-9(20)16-11-4-2-10(3-5-11)8-15-12-13(19(21)22)18-6-7-23-14(18)17-12/h2-7,15H,8H2,1H3,(H,16,20). The van der Waals surface area contributed by atoms with E-state index in [4.69, 9.17) is 0 Å². The van der Waals surface area contributed by atoms with Crippen molar-refractivity contribution in [2.24, 2.45) is 0 Å². The lowest BCUT2D eigenvalue weighted by Crippen LogP contribution is -2.06. The third-order valence-corrected chi connectivity index (χ3v) is 3.90. The summed E-state index contributed by atoms with van der Waals surface area (Å²) in [6.07, 6.45) is 1.62. The maximum Gasteiger partial charge on any atom is 0.372 e. The maximum absolute atomic E-state index is 11.2. The molecule has 3 rings (SSSR count). The van der Waals surface area contributed by atoms with Crippen molar-refractivity contribution < 1.29 is 9.72 Å². The fourth-order valence-corrected chi connectivity index (χ4v) is 2.87. The second kappa shape index (κ2) is 6.05. The molecule has 2 aromatic heterocycles. The van der Waals surface area contributed by atoms with Crippen molar-refractivity contribution in [3.8, 4) is 0 Å². The molecule has 3 aromatic rings. The van der Waals surface area contributed by atoms with Crippen molar-refractivity contribution in [3.63, 3.8) is 0 Å². The molecule has 0 saturated heterocycles. The molecule has 2 N–H and O–H groups in total. The second-order valence-electron chi connectivity index (χ2n) is 4.83. The van der Waals surface area contributed by atoms with E-state index in [1.807, 2.05) is 12.1 Å². The van der Waals surface area contributed by atoms with Gasteiger partial charge in [0.15, 0.2) is 0 Å². The molecule has 8 nitrogen and oxygen atoms in total. The number of thiazole rings is 1. The molecular formula is C14H13N5O3S. The number of hydrogen-bond acceptors (Lipinski definition) is 6. The van der Waals surface area contributed by atoms with Gasteiger partial charge in [0.05, 0.1) is 0 Å². The Labute approximate surface area is 134 Å². The largest absolute Gasteiger partial charge is 0.372 e. The Morgan fingerprint density at radius 1 is 1.39 bits per heavy atom. The van der Waals surface area contributed by atoms with Crippen LogP contribution in [0.2, 0.25) is 0 Å². The van der Waals surface area contributed by atoms with Crippen LogP contribution in [0.4, 0.5) is 17.3 Å². The van der Waals surface area contributed by atoms with Gasteiger partial charge in [0.1, 0.15) is 6.20 Å². The molecule has 2 heterocycles. The normalized spacial score (nSPS) is 10.7. The van der Waals surface area contributed by atoms with Crippen LogP contribution in [0.15, 0.2) is 35.8 Å². The number of amides is 1. The van der Waals surface area contributed by atoms with Gasteiger partial charge in [0, 0.05) is 24.5 Å². The van der Waals surface area contributed by atoms with Crippen LogP contribution < -0.4 is 10.6 Å². The molecule has 0 saturated carbocycles. The number of nitrogens with one attached hydrogen (secondary N) is 2. The van der Waals surface area contributed by atoms with Crippen molar-refractivity contribution in [2.45, 2.75) is 13.5 Å². The van der Waals surface area contributed by atoms with Gasteiger partial charge in [-0.3, -0.25) is 4.79 Å². The Hall–Kier alpha value is -2.94. The summed E-state index contributed by atoms with van der Waals surface area (Å²) in [5.41, 5.74) is 1.62. The van der Waals surface area contributed by atoms with Crippen LogP contribution in [-0.4, -0.2) is 20.2 Å². The van der Waals surface area contributed by atoms with Gasteiger partial charge in [-0.2, -0.15) is 9.38 Å². The third kappa shape index (κ3) is 3.14. The van der Waals surface area contributed by atoms with Gasteiger partial charge in [-0.05, 0) is 22.6 Å². The zero-order chi connectivity index (χ0) is 16.4. The number of aromatic nitrogens is 2. The van der Waals surface area contributed by atoms with E-state index in [1.165, 1.54) is 22.7 Å². The van der Waals surface area contributed by atoms with Gasteiger partial charge in [0.25, 0.3) is 4.96 Å². The van der Waals surface area contributed by atoms with E-state index in [0.717, 1.165) is 5.56 Å². The van der Waals surface area contributed by atoms with Gasteiger partial charge in [-0.1, -0.05) is 23.5 Å². The lowest BCUT2D eigenvalue weighted by atomic mass is 10.2. The van der Waals surface area contributed by atoms with Crippen molar-refractivity contribution in [1.82, 2.24) is 9.38 Å². The van der Waals surface area contributed by atoms with Crippen molar-refractivity contribution in [3.05, 3.63) is 51.5 Å². The van der Waals surface area contributed by atoms with E-state index in [0.29, 0.717) is 17.2 Å². The zero-order valence-electron chi connectivity index (χ0n) is 12.1. The van der Waals surface area contributed by atoms with Crippen molar-refractivity contribution in [2.75, 3.05) is 10.6 Å². The number of imidazole rings is 1. The SMILES string of the molecule is CC(=O)Nc1ccc(CNc2nc3sccn3c2[N+](=O)[O-])cc1. The molecule has 0 bridgehead atoms. The predicted octanol–water partition coefficient (Wildman–Crippen LogP) is 2.87. The molecule has 1 amide bonds. The summed E-state index contributed by atoms with van der Waals surface area (Å²) in [4.78, 5) is 26.6. The molecular weight excluding hydrogens is 318 g/mol. The Kier molecular flexibility index (Phi) is 3.94. The number of benzene rings is 1. The van der Waals surface area contributed by atoms with Gasteiger partial charge >= 0.3 is 5.82 Å². The summed E-state index contributed by atoms with van der Waals surface area (Å²) in [6.45, 7) is 1.84. The number of nitro groups is 1. The van der Waals surface area contributed by atoms with Gasteiger partial charge in [-0.25, -0.2) is 0 Å². The molecule has 23 heavy (non-hydrogen) atoms. The molecule has 0 unspecified atom stereocenters. The van der Waals surface area contributed by atoms with E-state index in [1.54, 1.807) is 23.7 Å². The van der Waals surface area contributed by atoms with Crippen molar-refractivity contribution in [1.29, 1.82) is 0 Å². The average Bonchev–Trinajstić information content (AvgIpc) is 3.05. The van der Waals surface area contributed by atoms with Gasteiger partial charge in [-0.15, -0.1) is 0 Å². The van der Waals surface area contributed by atoms with Crippen LogP contribution in [0.5, 0.6) is 0 Å². The van der Waals surface area contributed by atoms with E-state index >= 15 is 0 Å². The number of anilines is 2. The lowest BCUT2D eigenvalue weighted by Gasteiger charge is -2.06. The summed E-state index contributed by atoms with van der Waals surface area (Å²) >= 11 is 1.34. The molecule has 118 valence electrons. The summed E-state index contributed by atoms with van der Waals surface area (Å²) < 4.78 is 1.45. The van der Waals surface area contributed by atoms with Crippen LogP contribution in [0, 0.1) is 10.1 Å². The summed E-state index contributed by atoms with van der Waals surface area (Å²) in [5, 5.41) is 18.6. The average molecular weight is 331 g/mol. The highest BCUT2D eigenvalue weighted by atomic mass is 32.1. The van der Waals surface area contributed by atoms with Crippen molar-refractivity contribution >= 4 is 39.5 Å². The molecule has 1 aromatic carbocycles. The predicted molar refractivity (Wildman–Crippen MR) is 87.8 cm³/mol.